The van der Waals surface area contributed by atoms with Gasteiger partial charge >= 0.3 is 8.56 Å². The largest absolute Gasteiger partial charge is 0.394 e. The van der Waals surface area contributed by atoms with Crippen LogP contribution in [-0.4, -0.2) is 34.4 Å². The smallest absolute Gasteiger partial charge is 0.339 e. The van der Waals surface area contributed by atoms with Crippen molar-refractivity contribution in [3.8, 4) is 0 Å². The lowest BCUT2D eigenvalue weighted by atomic mass is 10.5. The zero-order valence-corrected chi connectivity index (χ0v) is 11.6. The van der Waals surface area contributed by atoms with Gasteiger partial charge < -0.3 is 8.85 Å². The van der Waals surface area contributed by atoms with Crippen molar-refractivity contribution in [3.63, 3.8) is 0 Å². The molecule has 0 aromatic heterocycles. The molecule has 0 N–H and O–H groups in total. The third-order valence-corrected chi connectivity index (χ3v) is 5.87. The fourth-order valence-electron chi connectivity index (χ4n) is 1.41. The predicted octanol–water partition coefficient (Wildman–Crippen LogP) is 2.64. The molecule has 0 radical (unpaired) electrons. The lowest BCUT2D eigenvalue weighted by Gasteiger charge is -2.29. The molecule has 0 aromatic rings. The van der Waals surface area contributed by atoms with Gasteiger partial charge in [0.15, 0.2) is 0 Å². The number of nitrogens with zero attached hydrogens (tertiary/aromatic N) is 1. The summed E-state index contributed by atoms with van der Waals surface area (Å²) in [5.41, 5.74) is 0. The number of aliphatic imine (C=N–C) groups is 1. The molecule has 0 aromatic carbocycles. The van der Waals surface area contributed by atoms with E-state index < -0.39 is 8.56 Å². The lowest BCUT2D eigenvalue weighted by Crippen LogP contribution is -2.42. The molecule has 0 spiro atoms. The van der Waals surface area contributed by atoms with Crippen LogP contribution < -0.4 is 0 Å². The standard InChI is InChI=1S/C11H23NO3Si/c1-4-8-14-16(6-3,15-9-5-2)10-7-12-11-13/h4-10H2,1-3H3. The highest BCUT2D eigenvalue weighted by Crippen LogP contribution is 2.19. The molecule has 0 aliphatic rings. The maximum Gasteiger partial charge on any atom is 0.339 e. The zero-order valence-electron chi connectivity index (χ0n) is 10.6. The van der Waals surface area contributed by atoms with Crippen LogP contribution >= 0.6 is 0 Å². The van der Waals surface area contributed by atoms with E-state index in [1.807, 2.05) is 0 Å². The number of hydrogen-bond donors (Lipinski definition) is 0. The van der Waals surface area contributed by atoms with E-state index in [-0.39, 0.29) is 0 Å². The maximum atomic E-state index is 10.0. The summed E-state index contributed by atoms with van der Waals surface area (Å²) in [6.07, 6.45) is 3.54. The Balaban J connectivity index is 4.32. The molecule has 0 saturated heterocycles. The van der Waals surface area contributed by atoms with Gasteiger partial charge in [0.05, 0.1) is 6.54 Å². The van der Waals surface area contributed by atoms with Crippen LogP contribution in [0, 0.1) is 0 Å². The highest BCUT2D eigenvalue weighted by molar-refractivity contribution is 6.67. The number of rotatable bonds is 10. The maximum absolute atomic E-state index is 10.0. The summed E-state index contributed by atoms with van der Waals surface area (Å²) in [6, 6.07) is 1.65. The Labute approximate surface area is 99.3 Å². The van der Waals surface area contributed by atoms with Crippen LogP contribution in [0.5, 0.6) is 0 Å². The van der Waals surface area contributed by atoms with Gasteiger partial charge in [-0.3, -0.25) is 0 Å². The molecule has 0 aliphatic carbocycles. The SMILES string of the molecule is CCCO[Si](CC)(CCN=C=O)OCCC. The highest BCUT2D eigenvalue weighted by Gasteiger charge is 2.34. The van der Waals surface area contributed by atoms with E-state index in [0.29, 0.717) is 6.54 Å². The molecule has 0 heterocycles. The minimum Gasteiger partial charge on any atom is -0.394 e. The van der Waals surface area contributed by atoms with Crippen LogP contribution in [0.4, 0.5) is 0 Å². The summed E-state index contributed by atoms with van der Waals surface area (Å²) in [5.74, 6) is 0. The van der Waals surface area contributed by atoms with Gasteiger partial charge in [-0.2, -0.15) is 0 Å². The van der Waals surface area contributed by atoms with Crippen LogP contribution in [0.25, 0.3) is 0 Å². The first-order valence-electron chi connectivity index (χ1n) is 6.06. The normalized spacial score (nSPS) is 11.2. The van der Waals surface area contributed by atoms with E-state index in [1.165, 1.54) is 0 Å². The third-order valence-electron chi connectivity index (χ3n) is 2.35. The summed E-state index contributed by atoms with van der Waals surface area (Å²) in [4.78, 5) is 13.6. The van der Waals surface area contributed by atoms with Gasteiger partial charge in [0.25, 0.3) is 0 Å². The Kier molecular flexibility index (Phi) is 9.43. The van der Waals surface area contributed by atoms with Crippen LogP contribution in [-0.2, 0) is 13.6 Å². The van der Waals surface area contributed by atoms with Crippen molar-refractivity contribution < 1.29 is 13.6 Å². The summed E-state index contributed by atoms with van der Waals surface area (Å²) in [5, 5.41) is 0. The first-order valence-corrected chi connectivity index (χ1v) is 8.29. The van der Waals surface area contributed by atoms with Crippen molar-refractivity contribution in [1.29, 1.82) is 0 Å². The summed E-state index contributed by atoms with van der Waals surface area (Å²) < 4.78 is 11.8. The molecule has 0 bridgehead atoms. The molecular formula is C11H23NO3Si. The second kappa shape index (κ2) is 9.72. The molecule has 94 valence electrons. The van der Waals surface area contributed by atoms with Gasteiger partial charge in [0.2, 0.25) is 6.08 Å². The first-order chi connectivity index (χ1) is 7.74. The van der Waals surface area contributed by atoms with Crippen LogP contribution in [0.2, 0.25) is 12.1 Å². The monoisotopic (exact) mass is 245 g/mol. The third kappa shape index (κ3) is 6.18. The molecule has 0 atom stereocenters. The van der Waals surface area contributed by atoms with E-state index in [9.17, 15) is 4.79 Å². The molecule has 0 amide bonds. The van der Waals surface area contributed by atoms with Crippen molar-refractivity contribution in [2.45, 2.75) is 45.7 Å². The second-order valence-electron chi connectivity index (χ2n) is 3.68. The Morgan fingerprint density at radius 2 is 1.69 bits per heavy atom. The Morgan fingerprint density at radius 3 is 2.06 bits per heavy atom. The minimum atomic E-state index is -2.12. The van der Waals surface area contributed by atoms with E-state index in [1.54, 1.807) is 6.08 Å². The summed E-state index contributed by atoms with van der Waals surface area (Å²) in [7, 11) is -2.12. The van der Waals surface area contributed by atoms with Gasteiger partial charge in [-0.1, -0.05) is 20.8 Å². The van der Waals surface area contributed by atoms with Crippen LogP contribution in [0.1, 0.15) is 33.6 Å². The fourth-order valence-corrected chi connectivity index (χ4v) is 4.15. The zero-order chi connectivity index (χ0) is 12.3. The molecular weight excluding hydrogens is 222 g/mol. The fraction of sp³-hybridized carbons (Fsp3) is 0.909. The topological polar surface area (TPSA) is 47.9 Å². The van der Waals surface area contributed by atoms with E-state index in [4.69, 9.17) is 8.85 Å². The molecule has 4 nitrogen and oxygen atoms in total. The molecule has 0 fully saturated rings. The molecule has 0 rings (SSSR count). The molecule has 0 saturated carbocycles. The minimum absolute atomic E-state index is 0.469. The average Bonchev–Trinajstić information content (AvgIpc) is 2.32. The number of isocyanates is 1. The lowest BCUT2D eigenvalue weighted by molar-refractivity contribution is 0.168. The Morgan fingerprint density at radius 1 is 1.12 bits per heavy atom. The Hall–Kier alpha value is -0.483. The second-order valence-corrected chi connectivity index (χ2v) is 7.29. The summed E-state index contributed by atoms with van der Waals surface area (Å²) in [6.45, 7) is 8.18. The van der Waals surface area contributed by atoms with E-state index in [0.717, 1.165) is 38.1 Å². The highest BCUT2D eigenvalue weighted by atomic mass is 28.4. The van der Waals surface area contributed by atoms with Crippen molar-refractivity contribution >= 4 is 14.6 Å². The Bertz CT molecular complexity index is 209. The van der Waals surface area contributed by atoms with Gasteiger partial charge in [-0.05, 0) is 18.9 Å². The van der Waals surface area contributed by atoms with E-state index >= 15 is 0 Å². The van der Waals surface area contributed by atoms with Crippen molar-refractivity contribution in [2.24, 2.45) is 4.99 Å². The first kappa shape index (κ1) is 15.5. The molecule has 0 aliphatic heterocycles. The molecule has 0 unspecified atom stereocenters. The number of carbonyl (C=O) groups excluding carboxylic acids is 1. The predicted molar refractivity (Wildman–Crippen MR) is 66.5 cm³/mol. The van der Waals surface area contributed by atoms with Gasteiger partial charge in [-0.15, -0.1) is 0 Å². The van der Waals surface area contributed by atoms with Gasteiger partial charge in [0.1, 0.15) is 0 Å². The molecule has 16 heavy (non-hydrogen) atoms. The molecule has 5 heteroatoms. The van der Waals surface area contributed by atoms with Crippen LogP contribution in [0.15, 0.2) is 4.99 Å². The van der Waals surface area contributed by atoms with Gasteiger partial charge in [-0.25, -0.2) is 9.79 Å². The quantitative estimate of drug-likeness (QED) is 0.338. The average molecular weight is 245 g/mol. The van der Waals surface area contributed by atoms with E-state index in [2.05, 4.69) is 25.8 Å². The van der Waals surface area contributed by atoms with Crippen molar-refractivity contribution in [1.82, 2.24) is 0 Å². The van der Waals surface area contributed by atoms with Gasteiger partial charge in [0, 0.05) is 19.3 Å². The summed E-state index contributed by atoms with van der Waals surface area (Å²) >= 11 is 0. The van der Waals surface area contributed by atoms with Crippen molar-refractivity contribution in [3.05, 3.63) is 0 Å². The van der Waals surface area contributed by atoms with Crippen LogP contribution in [0.3, 0.4) is 0 Å². The van der Waals surface area contributed by atoms with Crippen molar-refractivity contribution in [2.75, 3.05) is 19.8 Å². The number of hydrogen-bond acceptors (Lipinski definition) is 4.